The standard InChI is InChI=1S/C14H11FN2O3/c15-11-5-4-9(17(19)20)8-13(11)16-7-6-10-12(16)2-1-3-14(10)18/h4-8H,1-3H2. The summed E-state index contributed by atoms with van der Waals surface area (Å²) in [6, 6.07) is 5.04. The molecule has 3 rings (SSSR count). The molecule has 0 radical (unpaired) electrons. The molecule has 0 saturated heterocycles. The van der Waals surface area contributed by atoms with Crippen molar-refractivity contribution in [2.45, 2.75) is 19.3 Å². The molecule has 5 nitrogen and oxygen atoms in total. The molecule has 1 aromatic carbocycles. The number of hydrogen-bond donors (Lipinski definition) is 0. The fourth-order valence-corrected chi connectivity index (χ4v) is 2.55. The highest BCUT2D eigenvalue weighted by Gasteiger charge is 2.23. The van der Waals surface area contributed by atoms with Crippen LogP contribution in [0.5, 0.6) is 0 Å². The maximum atomic E-state index is 13.9. The number of benzene rings is 1. The summed E-state index contributed by atoms with van der Waals surface area (Å²) < 4.78 is 15.5. The van der Waals surface area contributed by atoms with Gasteiger partial charge < -0.3 is 4.57 Å². The van der Waals surface area contributed by atoms with Crippen molar-refractivity contribution in [2.75, 3.05) is 0 Å². The van der Waals surface area contributed by atoms with Crippen molar-refractivity contribution in [3.05, 3.63) is 57.7 Å². The van der Waals surface area contributed by atoms with Gasteiger partial charge in [0.15, 0.2) is 5.78 Å². The molecule has 0 spiro atoms. The topological polar surface area (TPSA) is 65.1 Å². The molecule has 20 heavy (non-hydrogen) atoms. The van der Waals surface area contributed by atoms with Crippen molar-refractivity contribution in [3.8, 4) is 5.69 Å². The van der Waals surface area contributed by atoms with Crippen LogP contribution < -0.4 is 0 Å². The number of nitrogens with zero attached hydrogens (tertiary/aromatic N) is 2. The van der Waals surface area contributed by atoms with Gasteiger partial charge >= 0.3 is 0 Å². The van der Waals surface area contributed by atoms with Crippen molar-refractivity contribution in [1.29, 1.82) is 0 Å². The van der Waals surface area contributed by atoms with E-state index >= 15 is 0 Å². The van der Waals surface area contributed by atoms with Crippen molar-refractivity contribution in [3.63, 3.8) is 0 Å². The first-order chi connectivity index (χ1) is 9.58. The van der Waals surface area contributed by atoms with Gasteiger partial charge in [-0.1, -0.05) is 0 Å². The van der Waals surface area contributed by atoms with Gasteiger partial charge in [0.25, 0.3) is 5.69 Å². The number of halogens is 1. The molecule has 0 saturated carbocycles. The zero-order chi connectivity index (χ0) is 14.3. The molecule has 0 N–H and O–H groups in total. The van der Waals surface area contributed by atoms with Crippen LogP contribution in [0.2, 0.25) is 0 Å². The third-order valence-corrected chi connectivity index (χ3v) is 3.51. The summed E-state index contributed by atoms with van der Waals surface area (Å²) in [7, 11) is 0. The molecule has 6 heteroatoms. The maximum absolute atomic E-state index is 13.9. The van der Waals surface area contributed by atoms with E-state index in [1.807, 2.05) is 0 Å². The summed E-state index contributed by atoms with van der Waals surface area (Å²) in [6.07, 6.45) is 3.47. The van der Waals surface area contributed by atoms with Crippen molar-refractivity contribution < 1.29 is 14.1 Å². The molecule has 0 aliphatic heterocycles. The Hall–Kier alpha value is -2.50. The quantitative estimate of drug-likeness (QED) is 0.624. The third-order valence-electron chi connectivity index (χ3n) is 3.51. The number of nitro benzene ring substituents is 1. The highest BCUT2D eigenvalue weighted by Crippen LogP contribution is 2.28. The lowest BCUT2D eigenvalue weighted by Crippen LogP contribution is -2.13. The van der Waals surface area contributed by atoms with Gasteiger partial charge in [-0.25, -0.2) is 4.39 Å². The summed E-state index contributed by atoms with van der Waals surface area (Å²) >= 11 is 0. The zero-order valence-corrected chi connectivity index (χ0v) is 10.5. The number of hydrogen-bond acceptors (Lipinski definition) is 3. The summed E-state index contributed by atoms with van der Waals surface area (Å²) in [5.74, 6) is -0.511. The number of aromatic nitrogens is 1. The Labute approximate surface area is 113 Å². The number of Topliss-reactive ketones (excluding diaryl/α,β-unsaturated/α-hetero) is 1. The number of carbonyl (C=O) groups is 1. The van der Waals surface area contributed by atoms with Gasteiger partial charge in [-0.3, -0.25) is 14.9 Å². The van der Waals surface area contributed by atoms with E-state index in [0.29, 0.717) is 24.8 Å². The van der Waals surface area contributed by atoms with E-state index in [-0.39, 0.29) is 17.2 Å². The van der Waals surface area contributed by atoms with Crippen LogP contribution in [-0.4, -0.2) is 15.3 Å². The molecule has 1 aliphatic carbocycles. The Morgan fingerprint density at radius 1 is 1.25 bits per heavy atom. The van der Waals surface area contributed by atoms with E-state index in [1.165, 1.54) is 10.6 Å². The van der Waals surface area contributed by atoms with Gasteiger partial charge in [-0.2, -0.15) is 0 Å². The maximum Gasteiger partial charge on any atom is 0.271 e. The summed E-state index contributed by atoms with van der Waals surface area (Å²) in [5, 5.41) is 10.8. The predicted octanol–water partition coefficient (Wildman–Crippen LogP) is 3.04. The first kappa shape index (κ1) is 12.5. The molecule has 0 bridgehead atoms. The molecule has 0 fully saturated rings. The van der Waals surface area contributed by atoms with Crippen molar-refractivity contribution >= 4 is 11.5 Å². The van der Waals surface area contributed by atoms with Crippen LogP contribution in [0.3, 0.4) is 0 Å². The molecule has 1 aromatic heterocycles. The first-order valence-corrected chi connectivity index (χ1v) is 6.25. The molecule has 0 amide bonds. The van der Waals surface area contributed by atoms with Gasteiger partial charge in [0.2, 0.25) is 0 Å². The highest BCUT2D eigenvalue weighted by atomic mass is 19.1. The molecule has 102 valence electrons. The lowest BCUT2D eigenvalue weighted by atomic mass is 9.97. The minimum absolute atomic E-state index is 0.0378. The van der Waals surface area contributed by atoms with E-state index in [1.54, 1.807) is 12.3 Å². The van der Waals surface area contributed by atoms with Gasteiger partial charge in [0.05, 0.1) is 10.6 Å². The van der Waals surface area contributed by atoms with Crippen LogP contribution >= 0.6 is 0 Å². The van der Waals surface area contributed by atoms with E-state index in [2.05, 4.69) is 0 Å². The molecule has 0 unspecified atom stereocenters. The lowest BCUT2D eigenvalue weighted by molar-refractivity contribution is -0.384. The Morgan fingerprint density at radius 3 is 2.80 bits per heavy atom. The van der Waals surface area contributed by atoms with Crippen LogP contribution in [0.4, 0.5) is 10.1 Å². The largest absolute Gasteiger partial charge is 0.317 e. The van der Waals surface area contributed by atoms with Crippen molar-refractivity contribution in [2.24, 2.45) is 0 Å². The van der Waals surface area contributed by atoms with Crippen LogP contribution in [0, 0.1) is 15.9 Å². The predicted molar refractivity (Wildman–Crippen MR) is 69.6 cm³/mol. The number of nitro groups is 1. The highest BCUT2D eigenvalue weighted by molar-refractivity contribution is 5.98. The Kier molecular flexibility index (Phi) is 2.85. The number of rotatable bonds is 2. The van der Waals surface area contributed by atoms with Crippen LogP contribution in [0.15, 0.2) is 30.5 Å². The Morgan fingerprint density at radius 2 is 2.05 bits per heavy atom. The molecule has 0 atom stereocenters. The minimum Gasteiger partial charge on any atom is -0.317 e. The number of non-ortho nitro benzene ring substituents is 1. The van der Waals surface area contributed by atoms with Crippen molar-refractivity contribution in [1.82, 2.24) is 4.57 Å². The lowest BCUT2D eigenvalue weighted by Gasteiger charge is -2.15. The average molecular weight is 274 g/mol. The zero-order valence-electron chi connectivity index (χ0n) is 10.5. The summed E-state index contributed by atoms with van der Waals surface area (Å²) in [5.41, 5.74) is 1.24. The monoisotopic (exact) mass is 274 g/mol. The molecule has 1 aliphatic rings. The van der Waals surface area contributed by atoms with Crippen LogP contribution in [0.1, 0.15) is 28.9 Å². The smallest absolute Gasteiger partial charge is 0.271 e. The van der Waals surface area contributed by atoms with Crippen LogP contribution in [-0.2, 0) is 6.42 Å². The second kappa shape index (κ2) is 4.56. The summed E-state index contributed by atoms with van der Waals surface area (Å²) in [6.45, 7) is 0. The summed E-state index contributed by atoms with van der Waals surface area (Å²) in [4.78, 5) is 22.0. The molecular formula is C14H11FN2O3. The fourth-order valence-electron chi connectivity index (χ4n) is 2.55. The number of ketones is 1. The third kappa shape index (κ3) is 1.89. The van der Waals surface area contributed by atoms with Gasteiger partial charge in [0.1, 0.15) is 5.82 Å². The Balaban J connectivity index is 2.17. The van der Waals surface area contributed by atoms with Gasteiger partial charge in [-0.05, 0) is 25.0 Å². The minimum atomic E-state index is -0.565. The number of fused-ring (bicyclic) bond motifs is 1. The van der Waals surface area contributed by atoms with E-state index < -0.39 is 10.7 Å². The Bertz CT molecular complexity index is 721. The number of carbonyl (C=O) groups excluding carboxylic acids is 1. The van der Waals surface area contributed by atoms with Gasteiger partial charge in [0, 0.05) is 36.0 Å². The average Bonchev–Trinajstić information content (AvgIpc) is 2.84. The second-order valence-electron chi connectivity index (χ2n) is 4.72. The molecular weight excluding hydrogens is 263 g/mol. The normalized spacial score (nSPS) is 14.2. The van der Waals surface area contributed by atoms with E-state index in [0.717, 1.165) is 17.8 Å². The molecule has 1 heterocycles. The molecule has 2 aromatic rings. The van der Waals surface area contributed by atoms with E-state index in [9.17, 15) is 19.3 Å². The van der Waals surface area contributed by atoms with E-state index in [4.69, 9.17) is 0 Å². The SMILES string of the molecule is O=C1CCCc2c1ccn2-c1cc([N+](=O)[O-])ccc1F. The fraction of sp³-hybridized carbons (Fsp3) is 0.214. The first-order valence-electron chi connectivity index (χ1n) is 6.25. The van der Waals surface area contributed by atoms with Gasteiger partial charge in [-0.15, -0.1) is 0 Å². The van der Waals surface area contributed by atoms with Crippen LogP contribution in [0.25, 0.3) is 5.69 Å². The second-order valence-corrected chi connectivity index (χ2v) is 4.72.